The van der Waals surface area contributed by atoms with Gasteiger partial charge in [0.25, 0.3) is 0 Å². The molecular weight excluding hydrogens is 360 g/mol. The molecule has 0 saturated heterocycles. The van der Waals surface area contributed by atoms with Gasteiger partial charge >= 0.3 is 0 Å². The lowest BCUT2D eigenvalue weighted by Gasteiger charge is -2.24. The Kier molecular flexibility index (Phi) is 6.83. The standard InChI is InChI=1S/C17H24N2O4S2/c1-19(2)15(14-7-8-24-11-14)10-18-25(20,21)12-13-5-6-16(22-3)17(9-13)23-4/h5-9,11,15,18H,10,12H2,1-4H3. The maximum atomic E-state index is 12.5. The van der Waals surface area contributed by atoms with E-state index in [1.165, 1.54) is 7.11 Å². The van der Waals surface area contributed by atoms with Gasteiger partial charge in [0.2, 0.25) is 10.0 Å². The van der Waals surface area contributed by atoms with Crippen molar-refractivity contribution in [3.05, 3.63) is 46.2 Å². The molecule has 0 fully saturated rings. The van der Waals surface area contributed by atoms with Gasteiger partial charge in [-0.3, -0.25) is 0 Å². The quantitative estimate of drug-likeness (QED) is 0.719. The van der Waals surface area contributed by atoms with Crippen LogP contribution < -0.4 is 14.2 Å². The Morgan fingerprint density at radius 3 is 2.44 bits per heavy atom. The predicted molar refractivity (Wildman–Crippen MR) is 101 cm³/mol. The summed E-state index contributed by atoms with van der Waals surface area (Å²) in [5.74, 6) is 0.971. The average Bonchev–Trinajstić information content (AvgIpc) is 3.08. The second kappa shape index (κ2) is 8.66. The molecule has 0 aliphatic carbocycles. The number of hydrogen-bond acceptors (Lipinski definition) is 6. The van der Waals surface area contributed by atoms with E-state index < -0.39 is 10.0 Å². The van der Waals surface area contributed by atoms with Crippen LogP contribution in [-0.2, 0) is 15.8 Å². The van der Waals surface area contributed by atoms with Crippen molar-refractivity contribution < 1.29 is 17.9 Å². The lowest BCUT2D eigenvalue weighted by atomic mass is 10.1. The van der Waals surface area contributed by atoms with E-state index in [-0.39, 0.29) is 11.8 Å². The Morgan fingerprint density at radius 2 is 1.88 bits per heavy atom. The molecule has 2 rings (SSSR count). The van der Waals surface area contributed by atoms with E-state index in [1.807, 2.05) is 35.8 Å². The van der Waals surface area contributed by atoms with Crippen LogP contribution in [0.5, 0.6) is 11.5 Å². The maximum absolute atomic E-state index is 12.5. The SMILES string of the molecule is COc1ccc(CS(=O)(=O)NCC(c2ccsc2)N(C)C)cc1OC. The number of likely N-dealkylation sites (N-methyl/N-ethyl adjacent to an activating group) is 1. The molecule has 6 nitrogen and oxygen atoms in total. The third-order valence-electron chi connectivity index (χ3n) is 3.85. The number of methoxy groups -OCH3 is 2. The van der Waals surface area contributed by atoms with Crippen molar-refractivity contribution in [2.24, 2.45) is 0 Å². The number of nitrogens with zero attached hydrogens (tertiary/aromatic N) is 1. The summed E-state index contributed by atoms with van der Waals surface area (Å²) >= 11 is 1.60. The lowest BCUT2D eigenvalue weighted by Crippen LogP contribution is -2.35. The molecule has 138 valence electrons. The van der Waals surface area contributed by atoms with Crippen molar-refractivity contribution in [3.8, 4) is 11.5 Å². The lowest BCUT2D eigenvalue weighted by molar-refractivity contribution is 0.300. The van der Waals surface area contributed by atoms with Gasteiger partial charge in [0.15, 0.2) is 11.5 Å². The molecule has 1 aromatic carbocycles. The molecule has 1 atom stereocenters. The molecule has 0 aliphatic rings. The largest absolute Gasteiger partial charge is 0.493 e. The topological polar surface area (TPSA) is 67.9 Å². The van der Waals surface area contributed by atoms with Crippen LogP contribution in [0.3, 0.4) is 0 Å². The smallest absolute Gasteiger partial charge is 0.215 e. The van der Waals surface area contributed by atoms with E-state index in [1.54, 1.807) is 36.6 Å². The summed E-state index contributed by atoms with van der Waals surface area (Å²) in [6.07, 6.45) is 0. The molecule has 2 aromatic rings. The van der Waals surface area contributed by atoms with Crippen molar-refractivity contribution in [3.63, 3.8) is 0 Å². The molecule has 0 bridgehead atoms. The molecule has 1 aromatic heterocycles. The van der Waals surface area contributed by atoms with Gasteiger partial charge in [-0.25, -0.2) is 13.1 Å². The average molecular weight is 385 g/mol. The predicted octanol–water partition coefficient (Wildman–Crippen LogP) is 2.49. The first-order valence-corrected chi connectivity index (χ1v) is 10.3. The Labute approximate surface area is 153 Å². The highest BCUT2D eigenvalue weighted by atomic mass is 32.2. The Bertz CT molecular complexity index is 774. The molecule has 0 spiro atoms. The number of benzene rings is 1. The van der Waals surface area contributed by atoms with Gasteiger partial charge in [-0.2, -0.15) is 11.3 Å². The van der Waals surface area contributed by atoms with Gasteiger partial charge in [-0.1, -0.05) is 6.07 Å². The second-order valence-electron chi connectivity index (χ2n) is 5.83. The molecule has 1 unspecified atom stereocenters. The van der Waals surface area contributed by atoms with Crippen molar-refractivity contribution >= 4 is 21.4 Å². The Balaban J connectivity index is 2.06. The van der Waals surface area contributed by atoms with Crippen LogP contribution in [0.2, 0.25) is 0 Å². The monoisotopic (exact) mass is 384 g/mol. The van der Waals surface area contributed by atoms with Crippen LogP contribution in [0.4, 0.5) is 0 Å². The van der Waals surface area contributed by atoms with Gasteiger partial charge in [0.05, 0.1) is 20.0 Å². The summed E-state index contributed by atoms with van der Waals surface area (Å²) in [6, 6.07) is 7.12. The number of thiophene rings is 1. The number of rotatable bonds is 9. The van der Waals surface area contributed by atoms with Crippen molar-refractivity contribution in [2.75, 3.05) is 34.9 Å². The van der Waals surface area contributed by atoms with E-state index >= 15 is 0 Å². The highest BCUT2D eigenvalue weighted by Crippen LogP contribution is 2.28. The number of hydrogen-bond donors (Lipinski definition) is 1. The molecule has 8 heteroatoms. The van der Waals surface area contributed by atoms with Crippen LogP contribution in [0.1, 0.15) is 17.2 Å². The normalized spacial score (nSPS) is 13.0. The van der Waals surface area contributed by atoms with Crippen molar-refractivity contribution in [1.82, 2.24) is 9.62 Å². The zero-order chi connectivity index (χ0) is 18.4. The van der Waals surface area contributed by atoms with Crippen LogP contribution >= 0.6 is 11.3 Å². The number of ether oxygens (including phenoxy) is 2. The Morgan fingerprint density at radius 1 is 1.16 bits per heavy atom. The van der Waals surface area contributed by atoms with E-state index in [4.69, 9.17) is 9.47 Å². The number of nitrogens with one attached hydrogen (secondary N) is 1. The van der Waals surface area contributed by atoms with Crippen LogP contribution in [0.15, 0.2) is 35.0 Å². The van der Waals surface area contributed by atoms with Crippen LogP contribution in [-0.4, -0.2) is 48.2 Å². The van der Waals surface area contributed by atoms with E-state index in [0.29, 0.717) is 23.6 Å². The zero-order valence-corrected chi connectivity index (χ0v) is 16.5. The van der Waals surface area contributed by atoms with Gasteiger partial charge in [0, 0.05) is 12.6 Å². The van der Waals surface area contributed by atoms with Gasteiger partial charge in [-0.05, 0) is 54.2 Å². The minimum atomic E-state index is -3.47. The third kappa shape index (κ3) is 5.43. The second-order valence-corrected chi connectivity index (χ2v) is 8.42. The molecule has 1 N–H and O–H groups in total. The van der Waals surface area contributed by atoms with E-state index in [2.05, 4.69) is 4.72 Å². The van der Waals surface area contributed by atoms with Gasteiger partial charge in [-0.15, -0.1) is 0 Å². The van der Waals surface area contributed by atoms with Gasteiger partial charge < -0.3 is 14.4 Å². The van der Waals surface area contributed by atoms with Crippen molar-refractivity contribution in [2.45, 2.75) is 11.8 Å². The molecule has 0 radical (unpaired) electrons. The highest BCUT2D eigenvalue weighted by Gasteiger charge is 2.19. The van der Waals surface area contributed by atoms with Crippen molar-refractivity contribution in [1.29, 1.82) is 0 Å². The fraction of sp³-hybridized carbons (Fsp3) is 0.412. The maximum Gasteiger partial charge on any atom is 0.215 e. The van der Waals surface area contributed by atoms with Gasteiger partial charge in [0.1, 0.15) is 0 Å². The number of sulfonamides is 1. The molecule has 0 saturated carbocycles. The molecule has 0 amide bonds. The summed E-state index contributed by atoms with van der Waals surface area (Å²) in [5, 5.41) is 4.03. The zero-order valence-electron chi connectivity index (χ0n) is 14.9. The summed E-state index contributed by atoms with van der Waals surface area (Å²) < 4.78 is 38.0. The highest BCUT2D eigenvalue weighted by molar-refractivity contribution is 7.88. The first kappa shape index (κ1) is 19.7. The molecule has 1 heterocycles. The summed E-state index contributed by atoms with van der Waals surface area (Å²) in [7, 11) is 3.47. The molecular formula is C17H24N2O4S2. The molecule has 25 heavy (non-hydrogen) atoms. The first-order valence-electron chi connectivity index (χ1n) is 7.73. The molecule has 0 aliphatic heterocycles. The van der Waals surface area contributed by atoms with E-state index in [0.717, 1.165) is 5.56 Å². The summed E-state index contributed by atoms with van der Waals surface area (Å²) in [4.78, 5) is 2.00. The minimum absolute atomic E-state index is 0.00794. The Hall–Kier alpha value is -1.61. The minimum Gasteiger partial charge on any atom is -0.493 e. The third-order valence-corrected chi connectivity index (χ3v) is 5.87. The fourth-order valence-corrected chi connectivity index (χ4v) is 4.35. The first-order chi connectivity index (χ1) is 11.9. The fourth-order valence-electron chi connectivity index (χ4n) is 2.51. The van der Waals surface area contributed by atoms with Crippen LogP contribution in [0, 0.1) is 0 Å². The van der Waals surface area contributed by atoms with E-state index in [9.17, 15) is 8.42 Å². The summed E-state index contributed by atoms with van der Waals surface area (Å²) in [5.41, 5.74) is 1.74. The van der Waals surface area contributed by atoms with Crippen LogP contribution in [0.25, 0.3) is 0 Å². The summed E-state index contributed by atoms with van der Waals surface area (Å²) in [6.45, 7) is 0.319.